The van der Waals surface area contributed by atoms with E-state index in [1.807, 2.05) is 6.92 Å². The molecule has 0 saturated carbocycles. The zero-order valence-electron chi connectivity index (χ0n) is 16.4. The van der Waals surface area contributed by atoms with Gasteiger partial charge >= 0.3 is 0 Å². The van der Waals surface area contributed by atoms with Gasteiger partial charge in [0.05, 0.1) is 11.9 Å². The van der Waals surface area contributed by atoms with Gasteiger partial charge in [-0.1, -0.05) is 42.5 Å². The average molecular weight is 374 g/mol. The number of anilines is 1. The summed E-state index contributed by atoms with van der Waals surface area (Å²) in [5.41, 5.74) is 4.68. The summed E-state index contributed by atoms with van der Waals surface area (Å²) in [7, 11) is 0. The quantitative estimate of drug-likeness (QED) is 0.713. The molecule has 2 aromatic carbocycles. The third-order valence-electron chi connectivity index (χ3n) is 5.64. The second-order valence-electron chi connectivity index (χ2n) is 7.72. The van der Waals surface area contributed by atoms with Crippen molar-refractivity contribution in [2.24, 2.45) is 5.92 Å². The Hall–Kier alpha value is -2.88. The average Bonchev–Trinajstić information content (AvgIpc) is 2.73. The summed E-state index contributed by atoms with van der Waals surface area (Å²) in [4.78, 5) is 11.2. The van der Waals surface area contributed by atoms with Crippen LogP contribution in [0.2, 0.25) is 0 Å². The molecule has 144 valence electrons. The van der Waals surface area contributed by atoms with Crippen molar-refractivity contribution in [1.82, 2.24) is 9.97 Å². The van der Waals surface area contributed by atoms with Crippen molar-refractivity contribution >= 4 is 5.69 Å². The van der Waals surface area contributed by atoms with Crippen LogP contribution in [-0.2, 0) is 12.8 Å². The molecule has 1 aliphatic rings. The van der Waals surface area contributed by atoms with Crippen LogP contribution in [-0.4, -0.2) is 28.2 Å². The van der Waals surface area contributed by atoms with E-state index >= 15 is 0 Å². The lowest BCUT2D eigenvalue weighted by Gasteiger charge is -2.33. The largest absolute Gasteiger partial charge is 0.504 e. The molecular formula is C24H27N3O. The summed E-state index contributed by atoms with van der Waals surface area (Å²) in [6.07, 6.45) is 5.69. The van der Waals surface area contributed by atoms with Gasteiger partial charge in [-0.25, -0.2) is 9.97 Å². The van der Waals surface area contributed by atoms with Gasteiger partial charge in [-0.3, -0.25) is 0 Å². The second-order valence-corrected chi connectivity index (χ2v) is 7.72. The number of hydrogen-bond donors (Lipinski definition) is 1. The number of hydrogen-bond acceptors (Lipinski definition) is 4. The van der Waals surface area contributed by atoms with Crippen molar-refractivity contribution in [2.45, 2.75) is 32.6 Å². The van der Waals surface area contributed by atoms with Crippen LogP contribution in [0.25, 0.3) is 0 Å². The maximum atomic E-state index is 9.58. The van der Waals surface area contributed by atoms with E-state index in [1.165, 1.54) is 23.0 Å². The molecule has 1 saturated heterocycles. The third-order valence-corrected chi connectivity index (χ3v) is 5.64. The maximum absolute atomic E-state index is 9.58. The van der Waals surface area contributed by atoms with Crippen LogP contribution in [0.4, 0.5) is 5.69 Å². The minimum atomic E-state index is 0.175. The Morgan fingerprint density at radius 1 is 0.964 bits per heavy atom. The lowest BCUT2D eigenvalue weighted by atomic mass is 9.92. The molecule has 0 radical (unpaired) electrons. The van der Waals surface area contributed by atoms with E-state index in [2.05, 4.69) is 69.5 Å². The molecular weight excluding hydrogens is 346 g/mol. The van der Waals surface area contributed by atoms with Crippen LogP contribution in [0.5, 0.6) is 5.75 Å². The molecule has 4 heteroatoms. The predicted octanol–water partition coefficient (Wildman–Crippen LogP) is 4.54. The normalized spacial score (nSPS) is 15.0. The van der Waals surface area contributed by atoms with Crippen LogP contribution in [0.1, 0.15) is 35.5 Å². The van der Waals surface area contributed by atoms with Crippen molar-refractivity contribution in [3.05, 3.63) is 83.4 Å². The Balaban J connectivity index is 1.31. The fourth-order valence-electron chi connectivity index (χ4n) is 3.92. The summed E-state index contributed by atoms with van der Waals surface area (Å²) in [6, 6.07) is 19.6. The second kappa shape index (κ2) is 8.42. The SMILES string of the molecule is Cc1nc(CC2CCN(c3ccc(Cc4ccccc4)cc3)CC2)ncc1O. The first-order chi connectivity index (χ1) is 13.7. The minimum absolute atomic E-state index is 0.175. The molecule has 1 fully saturated rings. The molecule has 0 spiro atoms. The smallest absolute Gasteiger partial charge is 0.155 e. The van der Waals surface area contributed by atoms with Gasteiger partial charge in [-0.2, -0.15) is 0 Å². The Labute approximate surface area is 166 Å². The highest BCUT2D eigenvalue weighted by atomic mass is 16.3. The van der Waals surface area contributed by atoms with E-state index in [9.17, 15) is 5.11 Å². The zero-order valence-corrected chi connectivity index (χ0v) is 16.4. The van der Waals surface area contributed by atoms with Crippen LogP contribution in [0, 0.1) is 12.8 Å². The number of nitrogens with zero attached hydrogens (tertiary/aromatic N) is 3. The van der Waals surface area contributed by atoms with E-state index in [4.69, 9.17) is 0 Å². The molecule has 3 aromatic rings. The fraction of sp³-hybridized carbons (Fsp3) is 0.333. The van der Waals surface area contributed by atoms with E-state index in [0.717, 1.165) is 44.6 Å². The molecule has 4 nitrogen and oxygen atoms in total. The minimum Gasteiger partial charge on any atom is -0.504 e. The molecule has 0 unspecified atom stereocenters. The van der Waals surface area contributed by atoms with Gasteiger partial charge in [0.1, 0.15) is 5.82 Å². The van der Waals surface area contributed by atoms with Gasteiger partial charge in [-0.05, 0) is 55.4 Å². The van der Waals surface area contributed by atoms with Gasteiger partial charge in [-0.15, -0.1) is 0 Å². The van der Waals surface area contributed by atoms with Gasteiger partial charge < -0.3 is 10.0 Å². The van der Waals surface area contributed by atoms with Crippen LogP contribution in [0.3, 0.4) is 0 Å². The van der Waals surface area contributed by atoms with E-state index < -0.39 is 0 Å². The summed E-state index contributed by atoms with van der Waals surface area (Å²) in [6.45, 7) is 3.96. The van der Waals surface area contributed by atoms with Gasteiger partial charge in [0.25, 0.3) is 0 Å². The number of aryl methyl sites for hydroxylation is 1. The fourth-order valence-corrected chi connectivity index (χ4v) is 3.92. The molecule has 0 amide bonds. The van der Waals surface area contributed by atoms with Gasteiger partial charge in [0.2, 0.25) is 0 Å². The molecule has 1 aromatic heterocycles. The van der Waals surface area contributed by atoms with Crippen molar-refractivity contribution in [2.75, 3.05) is 18.0 Å². The summed E-state index contributed by atoms with van der Waals surface area (Å²) in [5.74, 6) is 1.63. The highest BCUT2D eigenvalue weighted by Crippen LogP contribution is 2.26. The van der Waals surface area contributed by atoms with Crippen LogP contribution >= 0.6 is 0 Å². The number of aromatic hydroxyl groups is 1. The summed E-state index contributed by atoms with van der Waals surface area (Å²) >= 11 is 0. The molecule has 28 heavy (non-hydrogen) atoms. The highest BCUT2D eigenvalue weighted by molar-refractivity contribution is 5.48. The number of rotatable bonds is 5. The predicted molar refractivity (Wildman–Crippen MR) is 113 cm³/mol. The maximum Gasteiger partial charge on any atom is 0.155 e. The van der Waals surface area contributed by atoms with Gasteiger partial charge in [0, 0.05) is 25.2 Å². The van der Waals surface area contributed by atoms with E-state index in [1.54, 1.807) is 0 Å². The van der Waals surface area contributed by atoms with Crippen molar-refractivity contribution in [1.29, 1.82) is 0 Å². The Bertz CT molecular complexity index is 901. The summed E-state index contributed by atoms with van der Waals surface area (Å²) in [5, 5.41) is 9.58. The summed E-state index contributed by atoms with van der Waals surface area (Å²) < 4.78 is 0. The Morgan fingerprint density at radius 2 is 1.64 bits per heavy atom. The monoisotopic (exact) mass is 373 g/mol. The number of piperidine rings is 1. The van der Waals surface area contributed by atoms with E-state index in [0.29, 0.717) is 11.6 Å². The Kier molecular flexibility index (Phi) is 5.56. The first-order valence-corrected chi connectivity index (χ1v) is 10.1. The first kappa shape index (κ1) is 18.5. The molecule has 1 aliphatic heterocycles. The van der Waals surface area contributed by atoms with Crippen molar-refractivity contribution in [3.8, 4) is 5.75 Å². The number of benzene rings is 2. The molecule has 1 N–H and O–H groups in total. The molecule has 0 bridgehead atoms. The molecule has 2 heterocycles. The first-order valence-electron chi connectivity index (χ1n) is 10.1. The van der Waals surface area contributed by atoms with Crippen LogP contribution < -0.4 is 4.90 Å². The third kappa shape index (κ3) is 4.50. The lowest BCUT2D eigenvalue weighted by Crippen LogP contribution is -2.34. The number of aromatic nitrogens is 2. The molecule has 4 rings (SSSR count). The van der Waals surface area contributed by atoms with Crippen molar-refractivity contribution in [3.63, 3.8) is 0 Å². The topological polar surface area (TPSA) is 49.2 Å². The lowest BCUT2D eigenvalue weighted by molar-refractivity contribution is 0.394. The molecule has 0 atom stereocenters. The van der Waals surface area contributed by atoms with Crippen molar-refractivity contribution < 1.29 is 5.11 Å². The molecule has 0 aliphatic carbocycles. The zero-order chi connectivity index (χ0) is 19.3. The standard InChI is InChI=1S/C24H27N3O/c1-18-23(28)17-25-24(26-18)16-21-11-13-27(14-12-21)22-9-7-20(8-10-22)15-19-5-3-2-4-6-19/h2-10,17,21,28H,11-16H2,1H3. The van der Waals surface area contributed by atoms with E-state index in [-0.39, 0.29) is 5.75 Å². The Morgan fingerprint density at radius 3 is 2.32 bits per heavy atom. The van der Waals surface area contributed by atoms with Crippen LogP contribution in [0.15, 0.2) is 60.8 Å². The van der Waals surface area contributed by atoms with Gasteiger partial charge in [0.15, 0.2) is 5.75 Å². The highest BCUT2D eigenvalue weighted by Gasteiger charge is 2.21.